The van der Waals surface area contributed by atoms with Crippen LogP contribution in [0.5, 0.6) is 0 Å². The van der Waals surface area contributed by atoms with Crippen molar-refractivity contribution < 1.29 is 24.2 Å². The first kappa shape index (κ1) is 24.8. The van der Waals surface area contributed by atoms with Crippen molar-refractivity contribution in [2.24, 2.45) is 11.8 Å². The third-order valence-electron chi connectivity index (χ3n) is 7.07. The highest BCUT2D eigenvalue weighted by atomic mass is 16.5. The van der Waals surface area contributed by atoms with Gasteiger partial charge in [0.05, 0.1) is 5.92 Å². The number of hydrogen-bond acceptors (Lipinski definition) is 4. The van der Waals surface area contributed by atoms with E-state index < -0.39 is 24.0 Å². The number of hydrogen-bond donors (Lipinski definition) is 3. The molecule has 0 bridgehead atoms. The molecule has 2 aliphatic rings. The third-order valence-corrected chi connectivity index (χ3v) is 7.07. The molecular weight excluding hydrogens is 444 g/mol. The molecule has 1 fully saturated rings. The zero-order valence-electron chi connectivity index (χ0n) is 20.3. The molecule has 2 amide bonds. The number of carboxylic acids is 1. The molecule has 2 aromatic carbocycles. The van der Waals surface area contributed by atoms with Gasteiger partial charge in [0, 0.05) is 12.0 Å². The monoisotopic (exact) mass is 478 g/mol. The number of amides is 2. The Kier molecular flexibility index (Phi) is 7.73. The van der Waals surface area contributed by atoms with Gasteiger partial charge in [0.25, 0.3) is 0 Å². The lowest BCUT2D eigenvalue weighted by Crippen LogP contribution is -2.52. The lowest BCUT2D eigenvalue weighted by molar-refractivity contribution is -0.143. The van der Waals surface area contributed by atoms with Crippen molar-refractivity contribution in [3.8, 4) is 11.1 Å². The predicted molar refractivity (Wildman–Crippen MR) is 133 cm³/mol. The number of nitrogens with one attached hydrogen (secondary N) is 2. The quantitative estimate of drug-likeness (QED) is 0.510. The number of carboxylic acid groups (broad SMARTS) is 1. The van der Waals surface area contributed by atoms with Crippen molar-refractivity contribution in [3.05, 3.63) is 59.7 Å². The molecule has 35 heavy (non-hydrogen) atoms. The van der Waals surface area contributed by atoms with Crippen molar-refractivity contribution in [1.29, 1.82) is 0 Å². The maximum absolute atomic E-state index is 13.0. The Hall–Kier alpha value is -3.35. The minimum absolute atomic E-state index is 0.0361. The number of ether oxygens (including phenoxy) is 1. The van der Waals surface area contributed by atoms with Crippen LogP contribution < -0.4 is 10.6 Å². The van der Waals surface area contributed by atoms with Gasteiger partial charge in [0.15, 0.2) is 0 Å². The average Bonchev–Trinajstić information content (AvgIpc) is 3.16. The molecule has 0 spiro atoms. The molecule has 0 heterocycles. The summed E-state index contributed by atoms with van der Waals surface area (Å²) in [6, 6.07) is 15.0. The lowest BCUT2D eigenvalue weighted by atomic mass is 9.83. The maximum atomic E-state index is 13.0. The average molecular weight is 479 g/mol. The summed E-state index contributed by atoms with van der Waals surface area (Å²) in [7, 11) is 0. The molecule has 2 unspecified atom stereocenters. The lowest BCUT2D eigenvalue weighted by Gasteiger charge is -2.32. The first-order valence-electron chi connectivity index (χ1n) is 12.5. The zero-order chi connectivity index (χ0) is 24.9. The van der Waals surface area contributed by atoms with Gasteiger partial charge < -0.3 is 20.5 Å². The Morgan fingerprint density at radius 2 is 1.57 bits per heavy atom. The SMILES string of the molecule is CC(C)C[C@H](NC(=O)C1CCCCC1NC(=O)OCC1c2ccccc2-c2ccccc21)C(=O)O. The highest BCUT2D eigenvalue weighted by Crippen LogP contribution is 2.44. The third kappa shape index (κ3) is 5.66. The molecule has 4 rings (SSSR count). The van der Waals surface area contributed by atoms with Crippen LogP contribution in [-0.4, -0.2) is 41.8 Å². The van der Waals surface area contributed by atoms with Gasteiger partial charge in [-0.1, -0.05) is 75.2 Å². The predicted octanol–water partition coefficient (Wildman–Crippen LogP) is 4.70. The summed E-state index contributed by atoms with van der Waals surface area (Å²) in [5, 5.41) is 15.1. The van der Waals surface area contributed by atoms with Crippen LogP contribution >= 0.6 is 0 Å². The Morgan fingerprint density at radius 1 is 0.971 bits per heavy atom. The van der Waals surface area contributed by atoms with Crippen molar-refractivity contribution in [3.63, 3.8) is 0 Å². The van der Waals surface area contributed by atoms with E-state index in [1.807, 2.05) is 38.1 Å². The summed E-state index contributed by atoms with van der Waals surface area (Å²) in [4.78, 5) is 37.3. The van der Waals surface area contributed by atoms with Gasteiger partial charge in [0.1, 0.15) is 12.6 Å². The summed E-state index contributed by atoms with van der Waals surface area (Å²) in [6.07, 6.45) is 2.83. The van der Waals surface area contributed by atoms with Crippen LogP contribution in [0.2, 0.25) is 0 Å². The highest BCUT2D eigenvalue weighted by molar-refractivity contribution is 5.86. The van der Waals surface area contributed by atoms with E-state index in [2.05, 4.69) is 34.9 Å². The molecule has 7 heteroatoms. The fourth-order valence-corrected chi connectivity index (χ4v) is 5.38. The highest BCUT2D eigenvalue weighted by Gasteiger charge is 2.35. The zero-order valence-corrected chi connectivity index (χ0v) is 20.3. The molecule has 0 aromatic heterocycles. The number of carbonyl (C=O) groups excluding carboxylic acids is 2. The van der Waals surface area contributed by atoms with Crippen LogP contribution in [0.25, 0.3) is 11.1 Å². The normalized spacial score (nSPS) is 20.0. The Morgan fingerprint density at radius 3 is 2.17 bits per heavy atom. The largest absolute Gasteiger partial charge is 0.480 e. The van der Waals surface area contributed by atoms with Gasteiger partial charge in [-0.3, -0.25) is 4.79 Å². The Bertz CT molecular complexity index is 1040. The molecular formula is C28H34N2O5. The van der Waals surface area contributed by atoms with Gasteiger partial charge in [0.2, 0.25) is 5.91 Å². The summed E-state index contributed by atoms with van der Waals surface area (Å²) in [6.45, 7) is 4.05. The summed E-state index contributed by atoms with van der Waals surface area (Å²) in [5.41, 5.74) is 4.61. The van der Waals surface area contributed by atoms with E-state index in [1.165, 1.54) is 0 Å². The van der Waals surface area contributed by atoms with E-state index in [0.29, 0.717) is 19.3 Å². The van der Waals surface area contributed by atoms with Crippen molar-refractivity contribution in [2.45, 2.75) is 64.0 Å². The van der Waals surface area contributed by atoms with E-state index in [-0.39, 0.29) is 30.4 Å². The summed E-state index contributed by atoms with van der Waals surface area (Å²) < 4.78 is 5.67. The molecule has 186 valence electrons. The minimum atomic E-state index is -1.04. The van der Waals surface area contributed by atoms with Gasteiger partial charge in [-0.05, 0) is 47.4 Å². The molecule has 1 saturated carbocycles. The summed E-state index contributed by atoms with van der Waals surface area (Å²) in [5.74, 6) is -1.73. The number of alkyl carbamates (subject to hydrolysis) is 1. The minimum Gasteiger partial charge on any atom is -0.480 e. The standard InChI is InChI=1S/C28H34N2O5/c1-17(2)15-25(27(32)33)29-26(31)22-13-7-8-14-24(22)30-28(34)35-16-23-20-11-5-3-9-18(20)19-10-4-6-12-21(19)23/h3-6,9-12,17,22-25H,7-8,13-16H2,1-2H3,(H,29,31)(H,30,34)(H,32,33)/t22?,24?,25-/m0/s1. The molecule has 2 aromatic rings. The molecule has 2 aliphatic carbocycles. The van der Waals surface area contributed by atoms with Gasteiger partial charge in [-0.2, -0.15) is 0 Å². The number of benzene rings is 2. The number of fused-ring (bicyclic) bond motifs is 3. The Labute approximate surface area is 206 Å². The van der Waals surface area contributed by atoms with Crippen LogP contribution in [0, 0.1) is 11.8 Å². The van der Waals surface area contributed by atoms with Crippen LogP contribution in [0.1, 0.15) is 63.0 Å². The first-order valence-corrected chi connectivity index (χ1v) is 12.5. The van der Waals surface area contributed by atoms with Gasteiger partial charge in [-0.15, -0.1) is 0 Å². The second-order valence-electron chi connectivity index (χ2n) is 10.00. The van der Waals surface area contributed by atoms with E-state index in [1.54, 1.807) is 0 Å². The fraction of sp³-hybridized carbons (Fsp3) is 0.464. The van der Waals surface area contributed by atoms with Crippen LogP contribution in [-0.2, 0) is 14.3 Å². The number of rotatable bonds is 8. The van der Waals surface area contributed by atoms with Crippen molar-refractivity contribution in [1.82, 2.24) is 10.6 Å². The van der Waals surface area contributed by atoms with E-state index >= 15 is 0 Å². The van der Waals surface area contributed by atoms with Crippen molar-refractivity contribution >= 4 is 18.0 Å². The van der Waals surface area contributed by atoms with E-state index in [0.717, 1.165) is 35.1 Å². The topological polar surface area (TPSA) is 105 Å². The summed E-state index contributed by atoms with van der Waals surface area (Å²) >= 11 is 0. The first-order chi connectivity index (χ1) is 16.8. The van der Waals surface area contributed by atoms with E-state index in [4.69, 9.17) is 4.74 Å². The van der Waals surface area contributed by atoms with Crippen molar-refractivity contribution in [2.75, 3.05) is 6.61 Å². The van der Waals surface area contributed by atoms with Gasteiger partial charge in [-0.25, -0.2) is 9.59 Å². The second-order valence-corrected chi connectivity index (χ2v) is 10.00. The molecule has 3 atom stereocenters. The van der Waals surface area contributed by atoms with Crippen LogP contribution in [0.15, 0.2) is 48.5 Å². The second kappa shape index (κ2) is 10.9. The molecule has 7 nitrogen and oxygen atoms in total. The molecule has 0 radical (unpaired) electrons. The Balaban J connectivity index is 1.38. The number of carbonyl (C=O) groups is 3. The smallest absolute Gasteiger partial charge is 0.407 e. The maximum Gasteiger partial charge on any atom is 0.407 e. The molecule has 0 aliphatic heterocycles. The molecule has 3 N–H and O–H groups in total. The van der Waals surface area contributed by atoms with E-state index in [9.17, 15) is 19.5 Å². The van der Waals surface area contributed by atoms with Crippen LogP contribution in [0.4, 0.5) is 4.79 Å². The van der Waals surface area contributed by atoms with Crippen LogP contribution in [0.3, 0.4) is 0 Å². The fourth-order valence-electron chi connectivity index (χ4n) is 5.38. The number of aliphatic carboxylic acids is 1. The molecule has 0 saturated heterocycles. The van der Waals surface area contributed by atoms with Gasteiger partial charge >= 0.3 is 12.1 Å².